The summed E-state index contributed by atoms with van der Waals surface area (Å²) in [4.78, 5) is 0.771. The molecule has 0 radical (unpaired) electrons. The van der Waals surface area contributed by atoms with Crippen LogP contribution in [0, 0.1) is 22.7 Å². The second kappa shape index (κ2) is 5.40. The Balaban J connectivity index is 2.37. The second-order valence-electron chi connectivity index (χ2n) is 4.60. The van der Waals surface area contributed by atoms with Crippen molar-refractivity contribution in [3.8, 4) is 34.1 Å². The van der Waals surface area contributed by atoms with Gasteiger partial charge in [-0.15, -0.1) is 11.3 Å². The summed E-state index contributed by atoms with van der Waals surface area (Å²) in [5.41, 5.74) is 0.810. The minimum atomic E-state index is -0.239. The third-order valence-electron chi connectivity index (χ3n) is 3.39. The zero-order valence-electron chi connectivity index (χ0n) is 11.6. The Morgan fingerprint density at radius 1 is 1.14 bits per heavy atom. The number of nitriles is 2. The average molecular weight is 306 g/mol. The first kappa shape index (κ1) is 13.9. The summed E-state index contributed by atoms with van der Waals surface area (Å²) in [5.74, 6) is -0.116. The van der Waals surface area contributed by atoms with Crippen LogP contribution in [0.3, 0.4) is 0 Å². The van der Waals surface area contributed by atoms with E-state index in [1.165, 1.54) is 24.5 Å². The lowest BCUT2D eigenvalue weighted by atomic mass is 9.99. The van der Waals surface area contributed by atoms with Crippen LogP contribution in [-0.2, 0) is 0 Å². The molecule has 0 unspecified atom stereocenters. The molecule has 1 aromatic heterocycles. The predicted molar refractivity (Wildman–Crippen MR) is 84.9 cm³/mol. The number of hydrogen-bond acceptors (Lipinski definition) is 5. The van der Waals surface area contributed by atoms with Gasteiger partial charge in [-0.25, -0.2) is 0 Å². The van der Waals surface area contributed by atoms with Crippen LogP contribution in [0.1, 0.15) is 11.1 Å². The molecule has 0 saturated heterocycles. The topological polar surface area (TPSA) is 77.0 Å². The standard InChI is InChI=1S/C17H10N2O2S/c1-21-13-6-11(8-18)16(12(9-19)17(13)20)15-7-10-4-2-3-5-14(10)22-15/h2-7,20H,1H3. The minimum Gasteiger partial charge on any atom is -0.503 e. The van der Waals surface area contributed by atoms with Gasteiger partial charge in [0.25, 0.3) is 0 Å². The van der Waals surface area contributed by atoms with Crippen molar-refractivity contribution in [1.82, 2.24) is 0 Å². The van der Waals surface area contributed by atoms with Crippen molar-refractivity contribution in [2.24, 2.45) is 0 Å². The maximum atomic E-state index is 10.2. The van der Waals surface area contributed by atoms with Crippen molar-refractivity contribution in [2.75, 3.05) is 7.11 Å². The molecule has 2 aromatic carbocycles. The first-order valence-corrected chi connectivity index (χ1v) is 7.24. The fourth-order valence-corrected chi connectivity index (χ4v) is 3.49. The molecule has 3 rings (SSSR count). The molecule has 0 aliphatic rings. The molecular formula is C17H10N2O2S. The van der Waals surface area contributed by atoms with Gasteiger partial charge in [-0.1, -0.05) is 18.2 Å². The maximum absolute atomic E-state index is 10.2. The molecular weight excluding hydrogens is 296 g/mol. The van der Waals surface area contributed by atoms with Gasteiger partial charge in [0.1, 0.15) is 11.6 Å². The van der Waals surface area contributed by atoms with Crippen LogP contribution < -0.4 is 4.74 Å². The number of thiophene rings is 1. The lowest BCUT2D eigenvalue weighted by Crippen LogP contribution is -1.93. The Hall–Kier alpha value is -3.02. The van der Waals surface area contributed by atoms with E-state index in [2.05, 4.69) is 6.07 Å². The van der Waals surface area contributed by atoms with E-state index < -0.39 is 0 Å². The van der Waals surface area contributed by atoms with Crippen molar-refractivity contribution in [1.29, 1.82) is 10.5 Å². The van der Waals surface area contributed by atoms with Crippen LogP contribution in [0.15, 0.2) is 36.4 Å². The van der Waals surface area contributed by atoms with E-state index in [9.17, 15) is 15.6 Å². The predicted octanol–water partition coefficient (Wildman–Crippen LogP) is 4.03. The molecule has 0 fully saturated rings. The lowest BCUT2D eigenvalue weighted by Gasteiger charge is -2.10. The van der Waals surface area contributed by atoms with Crippen molar-refractivity contribution in [3.05, 3.63) is 47.5 Å². The van der Waals surface area contributed by atoms with Crippen LogP contribution in [0.5, 0.6) is 11.5 Å². The normalized spacial score (nSPS) is 10.1. The monoisotopic (exact) mass is 306 g/mol. The largest absolute Gasteiger partial charge is 0.503 e. The molecule has 4 nitrogen and oxygen atoms in total. The molecule has 0 spiro atoms. The summed E-state index contributed by atoms with van der Waals surface area (Å²) < 4.78 is 6.09. The van der Waals surface area contributed by atoms with Gasteiger partial charge in [0.05, 0.1) is 18.7 Å². The fourth-order valence-electron chi connectivity index (χ4n) is 2.36. The highest BCUT2D eigenvalue weighted by Crippen LogP contribution is 2.43. The van der Waals surface area contributed by atoms with E-state index in [0.29, 0.717) is 11.1 Å². The summed E-state index contributed by atoms with van der Waals surface area (Å²) in [7, 11) is 1.39. The smallest absolute Gasteiger partial charge is 0.176 e. The molecule has 0 aliphatic heterocycles. The molecule has 22 heavy (non-hydrogen) atoms. The van der Waals surface area contributed by atoms with Crippen LogP contribution in [0.4, 0.5) is 0 Å². The van der Waals surface area contributed by atoms with Gasteiger partial charge in [-0.2, -0.15) is 10.5 Å². The number of aromatic hydroxyl groups is 1. The highest BCUT2D eigenvalue weighted by Gasteiger charge is 2.21. The summed E-state index contributed by atoms with van der Waals surface area (Å²) >= 11 is 1.48. The lowest BCUT2D eigenvalue weighted by molar-refractivity contribution is 0.373. The molecule has 0 bridgehead atoms. The average Bonchev–Trinajstić information content (AvgIpc) is 2.97. The molecule has 5 heteroatoms. The molecule has 0 amide bonds. The van der Waals surface area contributed by atoms with Gasteiger partial charge in [0.2, 0.25) is 0 Å². The number of hydrogen-bond donors (Lipinski definition) is 1. The Morgan fingerprint density at radius 2 is 1.91 bits per heavy atom. The van der Waals surface area contributed by atoms with Crippen LogP contribution in [0.2, 0.25) is 0 Å². The summed E-state index contributed by atoms with van der Waals surface area (Å²) in [6.07, 6.45) is 0. The number of methoxy groups -OCH3 is 1. The number of fused-ring (bicyclic) bond motifs is 1. The number of nitrogens with zero attached hydrogens (tertiary/aromatic N) is 2. The van der Waals surface area contributed by atoms with Gasteiger partial charge in [-0.05, 0) is 17.5 Å². The van der Waals surface area contributed by atoms with Gasteiger partial charge in [-0.3, -0.25) is 0 Å². The Labute approximate surface area is 131 Å². The van der Waals surface area contributed by atoms with Gasteiger partial charge < -0.3 is 9.84 Å². The fraction of sp³-hybridized carbons (Fsp3) is 0.0588. The third kappa shape index (κ3) is 2.05. The summed E-state index contributed by atoms with van der Waals surface area (Å²) in [6, 6.07) is 15.2. The summed E-state index contributed by atoms with van der Waals surface area (Å²) in [5, 5.41) is 30.0. The Bertz CT molecular complexity index is 928. The molecule has 0 atom stereocenters. The third-order valence-corrected chi connectivity index (χ3v) is 4.52. The Morgan fingerprint density at radius 3 is 2.55 bits per heavy atom. The van der Waals surface area contributed by atoms with E-state index in [-0.39, 0.29) is 17.1 Å². The molecule has 0 aliphatic carbocycles. The zero-order valence-corrected chi connectivity index (χ0v) is 12.4. The number of rotatable bonds is 2. The summed E-state index contributed by atoms with van der Waals surface area (Å²) in [6.45, 7) is 0. The van der Waals surface area contributed by atoms with E-state index >= 15 is 0 Å². The second-order valence-corrected chi connectivity index (χ2v) is 5.68. The van der Waals surface area contributed by atoms with Gasteiger partial charge >= 0.3 is 0 Å². The number of ether oxygens (including phenoxy) is 1. The maximum Gasteiger partial charge on any atom is 0.176 e. The van der Waals surface area contributed by atoms with Gasteiger partial charge in [0.15, 0.2) is 11.5 Å². The molecule has 1 N–H and O–H groups in total. The Kier molecular flexibility index (Phi) is 3.42. The van der Waals surface area contributed by atoms with Crippen molar-refractivity contribution in [3.63, 3.8) is 0 Å². The zero-order chi connectivity index (χ0) is 15.7. The molecule has 1 heterocycles. The quantitative estimate of drug-likeness (QED) is 0.775. The van der Waals surface area contributed by atoms with E-state index in [0.717, 1.165) is 15.0 Å². The van der Waals surface area contributed by atoms with Crippen LogP contribution in [0.25, 0.3) is 20.5 Å². The molecule has 0 saturated carbocycles. The number of phenols is 1. The number of phenolic OH excluding ortho intramolecular Hbond substituents is 1. The minimum absolute atomic E-state index is 0.0578. The van der Waals surface area contributed by atoms with Crippen molar-refractivity contribution >= 4 is 21.4 Å². The first-order chi connectivity index (χ1) is 10.7. The molecule has 106 valence electrons. The first-order valence-electron chi connectivity index (χ1n) is 6.42. The van der Waals surface area contributed by atoms with E-state index in [1.807, 2.05) is 36.4 Å². The van der Waals surface area contributed by atoms with Crippen molar-refractivity contribution in [2.45, 2.75) is 0 Å². The van der Waals surface area contributed by atoms with Gasteiger partial charge in [0, 0.05) is 21.2 Å². The highest BCUT2D eigenvalue weighted by molar-refractivity contribution is 7.22. The van der Waals surface area contributed by atoms with Crippen LogP contribution in [-0.4, -0.2) is 12.2 Å². The molecule has 3 aromatic rings. The number of benzene rings is 2. The van der Waals surface area contributed by atoms with E-state index in [4.69, 9.17) is 4.74 Å². The van der Waals surface area contributed by atoms with Crippen LogP contribution >= 0.6 is 11.3 Å². The SMILES string of the molecule is COc1cc(C#N)c(-c2cc3ccccc3s2)c(C#N)c1O. The van der Waals surface area contributed by atoms with E-state index in [1.54, 1.807) is 0 Å². The highest BCUT2D eigenvalue weighted by atomic mass is 32.1. The van der Waals surface area contributed by atoms with Crippen molar-refractivity contribution < 1.29 is 9.84 Å².